The van der Waals surface area contributed by atoms with Crippen molar-refractivity contribution in [2.45, 2.75) is 25.7 Å². The molecule has 0 saturated carbocycles. The van der Waals surface area contributed by atoms with E-state index in [-0.39, 0.29) is 5.91 Å². The van der Waals surface area contributed by atoms with Crippen LogP contribution in [-0.4, -0.2) is 17.4 Å². The number of thiazole rings is 1. The second-order valence-corrected chi connectivity index (χ2v) is 6.73. The van der Waals surface area contributed by atoms with Gasteiger partial charge in [0.1, 0.15) is 0 Å². The number of nitrogens with zero attached hydrogens (tertiary/aromatic N) is 2. The monoisotopic (exact) mass is 366 g/mol. The lowest BCUT2D eigenvalue weighted by atomic mass is 10.0. The van der Waals surface area contributed by atoms with Gasteiger partial charge in [-0.15, -0.1) is 17.9 Å². The molecule has 1 aliphatic rings. The summed E-state index contributed by atoms with van der Waals surface area (Å²) in [5.41, 5.74) is 1.14. The second-order valence-electron chi connectivity index (χ2n) is 4.88. The van der Waals surface area contributed by atoms with Crippen molar-refractivity contribution >= 4 is 38.3 Å². The molecule has 0 spiro atoms. The van der Waals surface area contributed by atoms with E-state index in [1.165, 1.54) is 17.7 Å². The Labute approximate surface area is 135 Å². The molecule has 0 bridgehead atoms. The third-order valence-electron chi connectivity index (χ3n) is 3.41. The van der Waals surface area contributed by atoms with Crippen LogP contribution in [0.1, 0.15) is 34.0 Å². The number of hydrogen-bond donors (Lipinski definition) is 0. The first-order valence-corrected chi connectivity index (χ1v) is 8.46. The van der Waals surface area contributed by atoms with Gasteiger partial charge in [-0.2, -0.15) is 0 Å². The molecule has 0 aliphatic heterocycles. The molecule has 1 amide bonds. The molecule has 0 radical (unpaired) electrons. The SMILES string of the molecule is C=CCN(C(=O)c1ccc(Br)o1)c1nc2c(s1)CCCC2. The maximum absolute atomic E-state index is 12.6. The van der Waals surface area contributed by atoms with Gasteiger partial charge in [-0.25, -0.2) is 4.98 Å². The molecule has 0 N–H and O–H groups in total. The molecular formula is C15H15BrN2O2S. The van der Waals surface area contributed by atoms with Crippen molar-refractivity contribution in [2.24, 2.45) is 0 Å². The summed E-state index contributed by atoms with van der Waals surface area (Å²) >= 11 is 4.83. The van der Waals surface area contributed by atoms with Gasteiger partial charge in [-0.05, 0) is 53.7 Å². The van der Waals surface area contributed by atoms with E-state index in [4.69, 9.17) is 4.42 Å². The van der Waals surface area contributed by atoms with Gasteiger partial charge in [0.25, 0.3) is 5.91 Å². The average Bonchev–Trinajstić information content (AvgIpc) is 3.09. The fourth-order valence-electron chi connectivity index (χ4n) is 2.39. The molecule has 2 heterocycles. The van der Waals surface area contributed by atoms with Crippen LogP contribution in [0.3, 0.4) is 0 Å². The van der Waals surface area contributed by atoms with E-state index >= 15 is 0 Å². The predicted molar refractivity (Wildman–Crippen MR) is 87.0 cm³/mol. The lowest BCUT2D eigenvalue weighted by Crippen LogP contribution is -2.30. The van der Waals surface area contributed by atoms with Gasteiger partial charge in [-0.1, -0.05) is 6.08 Å². The fraction of sp³-hybridized carbons (Fsp3) is 0.333. The van der Waals surface area contributed by atoms with E-state index in [9.17, 15) is 4.79 Å². The van der Waals surface area contributed by atoms with Gasteiger partial charge >= 0.3 is 0 Å². The van der Waals surface area contributed by atoms with E-state index in [1.807, 2.05) is 0 Å². The molecule has 21 heavy (non-hydrogen) atoms. The third-order valence-corrected chi connectivity index (χ3v) is 5.01. The highest BCUT2D eigenvalue weighted by molar-refractivity contribution is 9.10. The van der Waals surface area contributed by atoms with Crippen LogP contribution < -0.4 is 4.90 Å². The molecule has 3 rings (SSSR count). The van der Waals surface area contributed by atoms with Crippen molar-refractivity contribution in [1.29, 1.82) is 0 Å². The fourth-order valence-corrected chi connectivity index (χ4v) is 3.86. The normalized spacial score (nSPS) is 13.8. The maximum atomic E-state index is 12.6. The van der Waals surface area contributed by atoms with Gasteiger partial charge in [0.15, 0.2) is 15.6 Å². The Balaban J connectivity index is 1.92. The number of amides is 1. The predicted octanol–water partition coefficient (Wildman–Crippen LogP) is 4.21. The van der Waals surface area contributed by atoms with Crippen LogP contribution >= 0.6 is 27.3 Å². The van der Waals surface area contributed by atoms with Gasteiger partial charge in [0, 0.05) is 11.4 Å². The van der Waals surface area contributed by atoms with Crippen molar-refractivity contribution in [1.82, 2.24) is 4.98 Å². The van der Waals surface area contributed by atoms with Crippen LogP contribution in [0.2, 0.25) is 0 Å². The summed E-state index contributed by atoms with van der Waals surface area (Å²) in [6.07, 6.45) is 6.16. The first-order valence-electron chi connectivity index (χ1n) is 6.85. The minimum atomic E-state index is -0.188. The number of carbonyl (C=O) groups is 1. The number of aromatic nitrogens is 1. The van der Waals surface area contributed by atoms with E-state index in [0.717, 1.165) is 23.7 Å². The Bertz CT molecular complexity index is 654. The first-order chi connectivity index (χ1) is 10.2. The Morgan fingerprint density at radius 1 is 1.48 bits per heavy atom. The highest BCUT2D eigenvalue weighted by Gasteiger charge is 2.25. The zero-order valence-electron chi connectivity index (χ0n) is 11.5. The summed E-state index contributed by atoms with van der Waals surface area (Å²) < 4.78 is 5.91. The van der Waals surface area contributed by atoms with Crippen molar-refractivity contribution in [3.8, 4) is 0 Å². The Morgan fingerprint density at radius 3 is 2.95 bits per heavy atom. The summed E-state index contributed by atoms with van der Waals surface area (Å²) in [6.45, 7) is 4.15. The quantitative estimate of drug-likeness (QED) is 0.761. The van der Waals surface area contributed by atoms with Crippen LogP contribution in [0.5, 0.6) is 0 Å². The van der Waals surface area contributed by atoms with Crippen LogP contribution in [0.4, 0.5) is 5.13 Å². The van der Waals surface area contributed by atoms with Crippen LogP contribution in [-0.2, 0) is 12.8 Å². The van der Waals surface area contributed by atoms with E-state index in [2.05, 4.69) is 27.5 Å². The molecule has 0 unspecified atom stereocenters. The molecule has 110 valence electrons. The number of carbonyl (C=O) groups excluding carboxylic acids is 1. The number of furan rings is 1. The van der Waals surface area contributed by atoms with E-state index in [0.29, 0.717) is 17.0 Å². The van der Waals surface area contributed by atoms with Crippen LogP contribution in [0, 0.1) is 0 Å². The number of fused-ring (bicyclic) bond motifs is 1. The number of anilines is 1. The Hall–Kier alpha value is -1.40. The van der Waals surface area contributed by atoms with Crippen LogP contribution in [0.25, 0.3) is 0 Å². The number of hydrogen-bond acceptors (Lipinski definition) is 4. The van der Waals surface area contributed by atoms with Crippen molar-refractivity contribution in [3.05, 3.63) is 45.8 Å². The number of aryl methyl sites for hydroxylation is 2. The smallest absolute Gasteiger partial charge is 0.296 e. The molecule has 1 aliphatic carbocycles. The van der Waals surface area contributed by atoms with Crippen LogP contribution in [0.15, 0.2) is 33.9 Å². The maximum Gasteiger partial charge on any atom is 0.296 e. The molecule has 2 aromatic heterocycles. The zero-order chi connectivity index (χ0) is 14.8. The summed E-state index contributed by atoms with van der Waals surface area (Å²) in [5.74, 6) is 0.114. The summed E-state index contributed by atoms with van der Waals surface area (Å²) in [6, 6.07) is 3.38. The molecular weight excluding hydrogens is 352 g/mol. The van der Waals surface area contributed by atoms with Gasteiger partial charge < -0.3 is 4.42 Å². The zero-order valence-corrected chi connectivity index (χ0v) is 13.9. The molecule has 0 atom stereocenters. The van der Waals surface area contributed by atoms with E-state index < -0.39 is 0 Å². The molecule has 0 aromatic carbocycles. The molecule has 4 nitrogen and oxygen atoms in total. The molecule has 6 heteroatoms. The highest BCUT2D eigenvalue weighted by atomic mass is 79.9. The van der Waals surface area contributed by atoms with Crippen molar-refractivity contribution in [3.63, 3.8) is 0 Å². The lowest BCUT2D eigenvalue weighted by Gasteiger charge is -2.16. The third kappa shape index (κ3) is 2.96. The van der Waals surface area contributed by atoms with E-state index in [1.54, 1.807) is 34.4 Å². The lowest BCUT2D eigenvalue weighted by molar-refractivity contribution is 0.0962. The largest absolute Gasteiger partial charge is 0.444 e. The Morgan fingerprint density at radius 2 is 2.29 bits per heavy atom. The van der Waals surface area contributed by atoms with Gasteiger partial charge in [0.05, 0.1) is 5.69 Å². The average molecular weight is 367 g/mol. The number of rotatable bonds is 4. The molecule has 0 saturated heterocycles. The summed E-state index contributed by atoms with van der Waals surface area (Å²) in [4.78, 5) is 20.2. The summed E-state index contributed by atoms with van der Waals surface area (Å²) in [5, 5.41) is 0.735. The minimum Gasteiger partial charge on any atom is -0.444 e. The standard InChI is InChI=1S/C15H15BrN2O2S/c1-2-9-18(14(19)11-7-8-13(16)20-11)15-17-10-5-3-4-6-12(10)21-15/h2,7-8H,1,3-6,9H2. The topological polar surface area (TPSA) is 46.3 Å². The second kappa shape index (κ2) is 6.15. The number of halogens is 1. The Kier molecular flexibility index (Phi) is 4.26. The van der Waals surface area contributed by atoms with Gasteiger partial charge in [0.2, 0.25) is 0 Å². The van der Waals surface area contributed by atoms with Crippen molar-refractivity contribution in [2.75, 3.05) is 11.4 Å². The summed E-state index contributed by atoms with van der Waals surface area (Å²) in [7, 11) is 0. The van der Waals surface area contributed by atoms with Gasteiger partial charge in [-0.3, -0.25) is 9.69 Å². The first kappa shape index (κ1) is 14.5. The highest BCUT2D eigenvalue weighted by Crippen LogP contribution is 2.32. The molecule has 2 aromatic rings. The van der Waals surface area contributed by atoms with Crippen molar-refractivity contribution < 1.29 is 9.21 Å². The molecule has 0 fully saturated rings. The minimum absolute atomic E-state index is 0.188.